The van der Waals surface area contributed by atoms with E-state index in [1.807, 2.05) is 33.0 Å². The number of carboxylic acid groups (broad SMARTS) is 1. The first kappa shape index (κ1) is 30.4. The molecule has 1 N–H and O–H groups in total. The van der Waals surface area contributed by atoms with Crippen molar-refractivity contribution in [3.63, 3.8) is 0 Å². The third-order valence-electron chi connectivity index (χ3n) is 11.0. The fraction of sp³-hybridized carbons (Fsp3) is 0.781. The molecule has 0 unspecified atom stereocenters. The van der Waals surface area contributed by atoms with Gasteiger partial charge in [0.25, 0.3) is 0 Å². The molecule has 0 spiro atoms. The minimum absolute atomic E-state index is 0.0423. The summed E-state index contributed by atoms with van der Waals surface area (Å²) in [5, 5.41) is 14.0. The maximum Gasteiger partial charge on any atom is 0.311 e. The van der Waals surface area contributed by atoms with Crippen LogP contribution in [0.5, 0.6) is 0 Å². The van der Waals surface area contributed by atoms with E-state index in [1.165, 1.54) is 11.3 Å². The smallest absolute Gasteiger partial charge is 0.311 e. The fourth-order valence-corrected chi connectivity index (χ4v) is 8.23. The number of pyridine rings is 1. The zero-order chi connectivity index (χ0) is 29.5. The second-order valence-corrected chi connectivity index (χ2v) is 14.9. The highest BCUT2D eigenvalue weighted by atomic mass is 16.5. The molecule has 220 valence electrons. The monoisotopic (exact) mass is 552 g/mol. The van der Waals surface area contributed by atoms with Gasteiger partial charge in [0.15, 0.2) is 0 Å². The molecule has 3 aliphatic rings. The Hall–Kier alpha value is -2.60. The van der Waals surface area contributed by atoms with E-state index in [9.17, 15) is 20.2 Å². The van der Waals surface area contributed by atoms with Gasteiger partial charge >= 0.3 is 11.9 Å². The average Bonchev–Trinajstić information content (AvgIpc) is 3.19. The van der Waals surface area contributed by atoms with Crippen molar-refractivity contribution in [1.82, 2.24) is 4.98 Å². The molecular formula is C32H48N4O4. The van der Waals surface area contributed by atoms with Gasteiger partial charge in [0, 0.05) is 28.8 Å². The van der Waals surface area contributed by atoms with E-state index in [-0.39, 0.29) is 34.7 Å². The second kappa shape index (κ2) is 11.0. The summed E-state index contributed by atoms with van der Waals surface area (Å²) in [4.78, 5) is 32.8. The molecule has 0 bridgehead atoms. The van der Waals surface area contributed by atoms with Gasteiger partial charge in [-0.3, -0.25) is 14.6 Å². The quantitative estimate of drug-likeness (QED) is 0.155. The summed E-state index contributed by atoms with van der Waals surface area (Å²) >= 11 is 0. The molecule has 4 rings (SSSR count). The van der Waals surface area contributed by atoms with Crippen LogP contribution >= 0.6 is 0 Å². The lowest BCUT2D eigenvalue weighted by Gasteiger charge is -2.57. The lowest BCUT2D eigenvalue weighted by molar-refractivity contribution is -0.165. The van der Waals surface area contributed by atoms with Gasteiger partial charge in [-0.05, 0) is 132 Å². The lowest BCUT2D eigenvalue weighted by atomic mass is 9.48. The first-order valence-corrected chi connectivity index (χ1v) is 15.0. The molecule has 8 heteroatoms. The SMILES string of the molecule is CC(C)(C)C(=O)O[C@H]1CC[C@@](C)([C@H]2CC[C@]3(C)c4ncccc4C[C@H]3[C@@H]2CN=[N+]=[N-])[C@@H](CCC(C)(C)C(=O)O)C1. The van der Waals surface area contributed by atoms with Crippen molar-refractivity contribution in [3.8, 4) is 0 Å². The van der Waals surface area contributed by atoms with Gasteiger partial charge in [-0.2, -0.15) is 0 Å². The van der Waals surface area contributed by atoms with Gasteiger partial charge < -0.3 is 9.84 Å². The standard InChI is InChI=1S/C32H48N4O4/c1-29(2,3)28(39)40-22-11-14-31(6,21(18-22)10-13-30(4,5)27(37)38)24-12-15-32(7)25(23(24)19-35-36-33)17-20-9-8-16-34-26(20)32/h8-9,16,21-25H,10-15,17-19H2,1-7H3,(H,37,38)/t21-,22-,23+,24-,25-,31+,32-/m0/s1. The molecule has 1 heterocycles. The molecule has 2 fully saturated rings. The number of carbonyl (C=O) groups excluding carboxylic acids is 1. The second-order valence-electron chi connectivity index (χ2n) is 14.9. The van der Waals surface area contributed by atoms with Crippen molar-refractivity contribution >= 4 is 11.9 Å². The molecule has 1 aromatic rings. The maximum atomic E-state index is 12.8. The number of azide groups is 1. The van der Waals surface area contributed by atoms with Crippen molar-refractivity contribution in [3.05, 3.63) is 40.0 Å². The van der Waals surface area contributed by atoms with Gasteiger partial charge in [-0.15, -0.1) is 0 Å². The van der Waals surface area contributed by atoms with Crippen LogP contribution in [-0.4, -0.2) is 34.7 Å². The lowest BCUT2D eigenvalue weighted by Crippen LogP contribution is -2.53. The van der Waals surface area contributed by atoms with Crippen molar-refractivity contribution in [2.45, 2.75) is 111 Å². The summed E-state index contributed by atoms with van der Waals surface area (Å²) in [6, 6.07) is 4.21. The average molecular weight is 553 g/mol. The summed E-state index contributed by atoms with van der Waals surface area (Å²) < 4.78 is 6.04. The number of fused-ring (bicyclic) bond motifs is 3. The van der Waals surface area contributed by atoms with Crippen molar-refractivity contribution in [2.75, 3.05) is 6.54 Å². The van der Waals surface area contributed by atoms with Crippen LogP contribution in [0.25, 0.3) is 10.4 Å². The Labute approximate surface area is 239 Å². The van der Waals surface area contributed by atoms with Gasteiger partial charge in [-0.1, -0.05) is 25.0 Å². The first-order chi connectivity index (χ1) is 18.6. The number of hydrogen-bond acceptors (Lipinski definition) is 5. The predicted molar refractivity (Wildman–Crippen MR) is 154 cm³/mol. The highest BCUT2D eigenvalue weighted by molar-refractivity contribution is 5.75. The summed E-state index contributed by atoms with van der Waals surface area (Å²) in [5.74, 6) is 0.0943. The first-order valence-electron chi connectivity index (χ1n) is 15.0. The molecule has 3 aliphatic carbocycles. The van der Waals surface area contributed by atoms with Crippen LogP contribution in [0.3, 0.4) is 0 Å². The van der Waals surface area contributed by atoms with E-state index in [1.54, 1.807) is 13.8 Å². The molecule has 0 aromatic carbocycles. The summed E-state index contributed by atoms with van der Waals surface area (Å²) in [7, 11) is 0. The zero-order valence-corrected chi connectivity index (χ0v) is 25.4. The largest absolute Gasteiger partial charge is 0.481 e. The number of aromatic nitrogens is 1. The number of carbonyl (C=O) groups is 2. The van der Waals surface area contributed by atoms with E-state index < -0.39 is 16.8 Å². The Morgan fingerprint density at radius 2 is 1.90 bits per heavy atom. The molecular weight excluding hydrogens is 504 g/mol. The van der Waals surface area contributed by atoms with Crippen LogP contribution in [0, 0.1) is 39.9 Å². The van der Waals surface area contributed by atoms with Crippen LogP contribution in [0.4, 0.5) is 0 Å². The van der Waals surface area contributed by atoms with E-state index in [0.717, 1.165) is 44.9 Å². The van der Waals surface area contributed by atoms with Crippen LogP contribution < -0.4 is 0 Å². The number of nitrogens with zero attached hydrogens (tertiary/aromatic N) is 4. The minimum Gasteiger partial charge on any atom is -0.481 e. The summed E-state index contributed by atoms with van der Waals surface area (Å²) in [5.41, 5.74) is 10.3. The third kappa shape index (κ3) is 5.61. The van der Waals surface area contributed by atoms with E-state index >= 15 is 0 Å². The van der Waals surface area contributed by atoms with Crippen molar-refractivity contribution in [2.24, 2.45) is 45.0 Å². The molecule has 40 heavy (non-hydrogen) atoms. The number of esters is 1. The van der Waals surface area contributed by atoms with Gasteiger partial charge in [-0.25, -0.2) is 0 Å². The Morgan fingerprint density at radius 1 is 1.18 bits per heavy atom. The van der Waals surface area contributed by atoms with E-state index in [4.69, 9.17) is 9.72 Å². The molecule has 0 saturated heterocycles. The number of rotatable bonds is 8. The fourth-order valence-electron chi connectivity index (χ4n) is 8.23. The number of aliphatic carboxylic acids is 1. The molecule has 0 aliphatic heterocycles. The normalized spacial score (nSPS) is 33.8. The Balaban J connectivity index is 1.66. The highest BCUT2D eigenvalue weighted by Crippen LogP contribution is 2.62. The topological polar surface area (TPSA) is 125 Å². The summed E-state index contributed by atoms with van der Waals surface area (Å²) in [6.07, 6.45) is 8.47. The van der Waals surface area contributed by atoms with Crippen LogP contribution in [0.15, 0.2) is 23.4 Å². The molecule has 7 atom stereocenters. The van der Waals surface area contributed by atoms with Crippen LogP contribution in [0.2, 0.25) is 0 Å². The number of ether oxygens (including phenoxy) is 1. The van der Waals surface area contributed by atoms with Crippen molar-refractivity contribution in [1.29, 1.82) is 0 Å². The third-order valence-corrected chi connectivity index (χ3v) is 11.0. The molecule has 0 radical (unpaired) electrons. The van der Waals surface area contributed by atoms with E-state index in [2.05, 4.69) is 29.9 Å². The highest BCUT2D eigenvalue weighted by Gasteiger charge is 2.58. The molecule has 1 aromatic heterocycles. The number of hydrogen-bond donors (Lipinski definition) is 1. The Morgan fingerprint density at radius 3 is 2.55 bits per heavy atom. The minimum atomic E-state index is -0.829. The van der Waals surface area contributed by atoms with Gasteiger partial charge in [0.1, 0.15) is 6.10 Å². The Kier molecular flexibility index (Phi) is 8.35. The van der Waals surface area contributed by atoms with Crippen LogP contribution in [0.1, 0.15) is 105 Å². The maximum absolute atomic E-state index is 12.8. The molecule has 2 saturated carbocycles. The summed E-state index contributed by atoms with van der Waals surface area (Å²) in [6.45, 7) is 14.4. The van der Waals surface area contributed by atoms with Gasteiger partial charge in [0.2, 0.25) is 0 Å². The zero-order valence-electron chi connectivity index (χ0n) is 25.4. The van der Waals surface area contributed by atoms with Crippen LogP contribution in [-0.2, 0) is 26.2 Å². The molecule has 8 nitrogen and oxygen atoms in total. The van der Waals surface area contributed by atoms with Gasteiger partial charge in [0.05, 0.1) is 10.8 Å². The van der Waals surface area contributed by atoms with Crippen molar-refractivity contribution < 1.29 is 19.4 Å². The van der Waals surface area contributed by atoms with E-state index in [0.29, 0.717) is 24.8 Å². The number of carboxylic acids is 1. The Bertz CT molecular complexity index is 1170. The molecule has 0 amide bonds. The predicted octanol–water partition coefficient (Wildman–Crippen LogP) is 7.50.